The van der Waals surface area contributed by atoms with Crippen molar-refractivity contribution in [3.05, 3.63) is 45.4 Å². The Hall–Kier alpha value is -0.770. The van der Waals surface area contributed by atoms with Crippen molar-refractivity contribution in [1.29, 1.82) is 0 Å². The fourth-order valence-electron chi connectivity index (χ4n) is 1.63. The summed E-state index contributed by atoms with van der Waals surface area (Å²) in [6, 6.07) is 6.23. The van der Waals surface area contributed by atoms with Gasteiger partial charge in [-0.15, -0.1) is 11.3 Å². The molecular weight excluding hydrogens is 240 g/mol. The van der Waals surface area contributed by atoms with Crippen LogP contribution >= 0.6 is 22.9 Å². The number of hydrogen-bond donors (Lipinski definition) is 1. The molecule has 2 N–H and O–H groups in total. The normalized spacial score (nSPS) is 12.9. The Balaban J connectivity index is 2.08. The SMILES string of the molecule is CCC(N)c1ccn(Cc2ccc(Cl)s2)c1. The van der Waals surface area contributed by atoms with E-state index < -0.39 is 0 Å². The minimum atomic E-state index is 0.146. The quantitative estimate of drug-likeness (QED) is 0.887. The van der Waals surface area contributed by atoms with Gasteiger partial charge in [-0.2, -0.15) is 0 Å². The van der Waals surface area contributed by atoms with Crippen LogP contribution in [0.5, 0.6) is 0 Å². The van der Waals surface area contributed by atoms with Crippen molar-refractivity contribution in [3.8, 4) is 0 Å². The lowest BCUT2D eigenvalue weighted by molar-refractivity contribution is 0.693. The molecule has 0 spiro atoms. The third-order valence-electron chi connectivity index (χ3n) is 2.61. The van der Waals surface area contributed by atoms with Gasteiger partial charge in [0.25, 0.3) is 0 Å². The van der Waals surface area contributed by atoms with Crippen molar-refractivity contribution in [3.63, 3.8) is 0 Å². The summed E-state index contributed by atoms with van der Waals surface area (Å²) in [4.78, 5) is 1.26. The van der Waals surface area contributed by atoms with Gasteiger partial charge in [0.1, 0.15) is 0 Å². The average molecular weight is 255 g/mol. The molecule has 2 aromatic heterocycles. The summed E-state index contributed by atoms with van der Waals surface area (Å²) in [7, 11) is 0. The Bertz CT molecular complexity index is 461. The maximum absolute atomic E-state index is 5.97. The number of hydrogen-bond acceptors (Lipinski definition) is 2. The molecule has 1 atom stereocenters. The van der Waals surface area contributed by atoms with E-state index in [0.717, 1.165) is 17.3 Å². The van der Waals surface area contributed by atoms with Crippen molar-refractivity contribution in [1.82, 2.24) is 4.57 Å². The first-order valence-electron chi connectivity index (χ1n) is 5.34. The van der Waals surface area contributed by atoms with E-state index in [1.54, 1.807) is 11.3 Å². The average Bonchev–Trinajstić information content (AvgIpc) is 2.87. The van der Waals surface area contributed by atoms with E-state index in [4.69, 9.17) is 17.3 Å². The van der Waals surface area contributed by atoms with Crippen molar-refractivity contribution >= 4 is 22.9 Å². The van der Waals surface area contributed by atoms with Gasteiger partial charge in [-0.05, 0) is 30.2 Å². The van der Waals surface area contributed by atoms with Crippen molar-refractivity contribution < 1.29 is 0 Å². The van der Waals surface area contributed by atoms with Crippen LogP contribution < -0.4 is 5.73 Å². The van der Waals surface area contributed by atoms with Crippen LogP contribution in [0, 0.1) is 0 Å². The van der Waals surface area contributed by atoms with E-state index in [1.807, 2.05) is 6.07 Å². The molecule has 0 aliphatic rings. The number of nitrogens with zero attached hydrogens (tertiary/aromatic N) is 1. The molecule has 16 heavy (non-hydrogen) atoms. The second kappa shape index (κ2) is 5.04. The Morgan fingerprint density at radius 1 is 1.44 bits per heavy atom. The van der Waals surface area contributed by atoms with Crippen LogP contribution in [0.3, 0.4) is 0 Å². The molecule has 1 unspecified atom stereocenters. The topological polar surface area (TPSA) is 30.9 Å². The Morgan fingerprint density at radius 3 is 2.88 bits per heavy atom. The molecule has 0 amide bonds. The second-order valence-corrected chi connectivity index (χ2v) is 5.64. The monoisotopic (exact) mass is 254 g/mol. The molecule has 2 rings (SSSR count). The molecule has 0 aliphatic heterocycles. The van der Waals surface area contributed by atoms with Gasteiger partial charge >= 0.3 is 0 Å². The molecule has 4 heteroatoms. The lowest BCUT2D eigenvalue weighted by Gasteiger charge is -2.05. The highest BCUT2D eigenvalue weighted by molar-refractivity contribution is 7.16. The molecule has 0 bridgehead atoms. The van der Waals surface area contributed by atoms with Gasteiger partial charge in [-0.1, -0.05) is 18.5 Å². The molecular formula is C12H15ClN2S. The van der Waals surface area contributed by atoms with Gasteiger partial charge < -0.3 is 10.3 Å². The lowest BCUT2D eigenvalue weighted by atomic mass is 10.1. The summed E-state index contributed by atoms with van der Waals surface area (Å²) < 4.78 is 2.99. The predicted molar refractivity (Wildman–Crippen MR) is 70.1 cm³/mol. The van der Waals surface area contributed by atoms with Crippen molar-refractivity contribution in [2.24, 2.45) is 5.73 Å². The van der Waals surface area contributed by atoms with E-state index in [0.29, 0.717) is 0 Å². The summed E-state index contributed by atoms with van der Waals surface area (Å²) in [5.74, 6) is 0. The molecule has 0 radical (unpaired) electrons. The summed E-state index contributed by atoms with van der Waals surface area (Å²) in [5.41, 5.74) is 7.17. The van der Waals surface area contributed by atoms with Gasteiger partial charge in [-0.3, -0.25) is 0 Å². The molecule has 2 nitrogen and oxygen atoms in total. The van der Waals surface area contributed by atoms with Crippen LogP contribution in [0.4, 0.5) is 0 Å². The van der Waals surface area contributed by atoms with Crippen molar-refractivity contribution in [2.75, 3.05) is 0 Å². The van der Waals surface area contributed by atoms with Crippen LogP contribution in [0.15, 0.2) is 30.6 Å². The van der Waals surface area contributed by atoms with Crippen LogP contribution in [-0.4, -0.2) is 4.57 Å². The highest BCUT2D eigenvalue weighted by Crippen LogP contribution is 2.23. The van der Waals surface area contributed by atoms with E-state index >= 15 is 0 Å². The van der Waals surface area contributed by atoms with Gasteiger partial charge in [0, 0.05) is 23.3 Å². The van der Waals surface area contributed by atoms with E-state index in [2.05, 4.69) is 36.0 Å². The highest BCUT2D eigenvalue weighted by Gasteiger charge is 2.05. The number of aromatic nitrogens is 1. The summed E-state index contributed by atoms with van der Waals surface area (Å²) in [6.45, 7) is 2.97. The van der Waals surface area contributed by atoms with E-state index in [1.165, 1.54) is 10.4 Å². The predicted octanol–water partition coefficient (Wildman–Crippen LogP) is 3.66. The summed E-state index contributed by atoms with van der Waals surface area (Å²) in [6.07, 6.45) is 5.15. The first-order valence-corrected chi connectivity index (χ1v) is 6.54. The molecule has 0 aromatic carbocycles. The zero-order valence-corrected chi connectivity index (χ0v) is 10.8. The smallest absolute Gasteiger partial charge is 0.0931 e. The maximum atomic E-state index is 5.97. The molecule has 0 aliphatic carbocycles. The van der Waals surface area contributed by atoms with E-state index in [9.17, 15) is 0 Å². The van der Waals surface area contributed by atoms with Gasteiger partial charge in [0.15, 0.2) is 0 Å². The fourth-order valence-corrected chi connectivity index (χ4v) is 2.73. The standard InChI is InChI=1S/C12H15ClN2S/c1-2-11(14)9-5-6-15(7-9)8-10-3-4-12(13)16-10/h3-7,11H,2,8,14H2,1H3. The number of thiophene rings is 1. The highest BCUT2D eigenvalue weighted by atomic mass is 35.5. The third kappa shape index (κ3) is 2.67. The first kappa shape index (κ1) is 11.7. The molecule has 0 saturated carbocycles. The van der Waals surface area contributed by atoms with Crippen LogP contribution in [-0.2, 0) is 6.54 Å². The summed E-state index contributed by atoms with van der Waals surface area (Å²) >= 11 is 7.51. The minimum absolute atomic E-state index is 0.146. The Labute approximate surface area is 105 Å². The third-order valence-corrected chi connectivity index (χ3v) is 3.82. The Kier molecular flexibility index (Phi) is 3.69. The summed E-state index contributed by atoms with van der Waals surface area (Å²) in [5, 5.41) is 0. The zero-order chi connectivity index (χ0) is 11.5. The fraction of sp³-hybridized carbons (Fsp3) is 0.333. The molecule has 0 saturated heterocycles. The molecule has 0 fully saturated rings. The van der Waals surface area contributed by atoms with Gasteiger partial charge in [0.05, 0.1) is 10.9 Å². The minimum Gasteiger partial charge on any atom is -0.349 e. The second-order valence-electron chi connectivity index (χ2n) is 3.84. The maximum Gasteiger partial charge on any atom is 0.0931 e. The molecule has 2 aromatic rings. The largest absolute Gasteiger partial charge is 0.349 e. The van der Waals surface area contributed by atoms with E-state index in [-0.39, 0.29) is 6.04 Å². The van der Waals surface area contributed by atoms with Crippen LogP contribution in [0.2, 0.25) is 4.34 Å². The molecule has 2 heterocycles. The molecule has 86 valence electrons. The van der Waals surface area contributed by atoms with Gasteiger partial charge in [-0.25, -0.2) is 0 Å². The van der Waals surface area contributed by atoms with Crippen LogP contribution in [0.25, 0.3) is 0 Å². The lowest BCUT2D eigenvalue weighted by Crippen LogP contribution is -2.07. The number of rotatable bonds is 4. The number of nitrogens with two attached hydrogens (primary N) is 1. The Morgan fingerprint density at radius 2 is 2.25 bits per heavy atom. The van der Waals surface area contributed by atoms with Gasteiger partial charge in [0.2, 0.25) is 0 Å². The number of halogens is 1. The van der Waals surface area contributed by atoms with Crippen molar-refractivity contribution in [2.45, 2.75) is 25.9 Å². The van der Waals surface area contributed by atoms with Crippen LogP contribution in [0.1, 0.15) is 29.8 Å². The first-order chi connectivity index (χ1) is 7.69. The zero-order valence-electron chi connectivity index (χ0n) is 9.19.